The van der Waals surface area contributed by atoms with Crippen LogP contribution >= 0.6 is 11.3 Å². The van der Waals surface area contributed by atoms with Crippen LogP contribution in [0, 0.1) is 29.1 Å². The van der Waals surface area contributed by atoms with Gasteiger partial charge in [0.25, 0.3) is 0 Å². The van der Waals surface area contributed by atoms with Crippen LogP contribution in [0.3, 0.4) is 0 Å². The van der Waals surface area contributed by atoms with E-state index in [4.69, 9.17) is 5.26 Å². The zero-order valence-corrected chi connectivity index (χ0v) is 14.7. The highest BCUT2D eigenvalue weighted by Gasteiger charge is 2.51. The van der Waals surface area contributed by atoms with Gasteiger partial charge in [0.1, 0.15) is 5.01 Å². The third kappa shape index (κ3) is 2.31. The van der Waals surface area contributed by atoms with Gasteiger partial charge in [0.15, 0.2) is 0 Å². The number of benzene rings is 1. The number of rotatable bonds is 3. The number of nitriles is 1. The first kappa shape index (κ1) is 14.7. The third-order valence-corrected chi connectivity index (χ3v) is 7.53. The van der Waals surface area contributed by atoms with Gasteiger partial charge in [-0.2, -0.15) is 5.26 Å². The second-order valence-electron chi connectivity index (χ2n) is 8.25. The first-order chi connectivity index (χ1) is 11.7. The molecule has 6 rings (SSSR count). The van der Waals surface area contributed by atoms with Gasteiger partial charge in [0.05, 0.1) is 18.2 Å². The molecule has 0 N–H and O–H groups in total. The van der Waals surface area contributed by atoms with Crippen molar-refractivity contribution < 1.29 is 0 Å². The first-order valence-corrected chi connectivity index (χ1v) is 10.0. The van der Waals surface area contributed by atoms with Crippen LogP contribution in [0.1, 0.15) is 49.8 Å². The summed E-state index contributed by atoms with van der Waals surface area (Å²) in [4.78, 5) is 4.59. The molecule has 0 spiro atoms. The van der Waals surface area contributed by atoms with E-state index >= 15 is 0 Å². The molecular formula is C21H22N2S. The van der Waals surface area contributed by atoms with E-state index in [1.165, 1.54) is 44.1 Å². The van der Waals surface area contributed by atoms with Crippen LogP contribution in [0.5, 0.6) is 0 Å². The highest BCUT2D eigenvalue weighted by molar-refractivity contribution is 7.13. The molecule has 1 aromatic heterocycles. The molecule has 0 amide bonds. The molecule has 0 radical (unpaired) electrons. The van der Waals surface area contributed by atoms with Gasteiger partial charge in [-0.05, 0) is 67.3 Å². The van der Waals surface area contributed by atoms with Crippen molar-refractivity contribution in [3.8, 4) is 16.6 Å². The standard InChI is InChI=1S/C21H22N2S/c22-6-5-19-13-24-20(23-19)17-1-3-18(4-2-17)21-10-14-7-15(11-21)9-16(8-14)12-21/h1-4,13-16H,5,7-12H2. The Labute approximate surface area is 147 Å². The van der Waals surface area contributed by atoms with E-state index < -0.39 is 0 Å². The Hall–Kier alpha value is -1.66. The summed E-state index contributed by atoms with van der Waals surface area (Å²) in [5.41, 5.74) is 4.13. The summed E-state index contributed by atoms with van der Waals surface area (Å²) in [6.07, 6.45) is 9.15. The smallest absolute Gasteiger partial charge is 0.123 e. The maximum absolute atomic E-state index is 8.80. The molecule has 24 heavy (non-hydrogen) atoms. The monoisotopic (exact) mass is 334 g/mol. The summed E-state index contributed by atoms with van der Waals surface area (Å²) in [6, 6.07) is 11.4. The molecular weight excluding hydrogens is 312 g/mol. The molecule has 4 saturated carbocycles. The lowest BCUT2D eigenvalue weighted by molar-refractivity contribution is -0.00518. The third-order valence-electron chi connectivity index (χ3n) is 6.59. The summed E-state index contributed by atoms with van der Waals surface area (Å²) in [5.74, 6) is 2.97. The molecule has 1 aromatic carbocycles. The maximum Gasteiger partial charge on any atom is 0.123 e. The fourth-order valence-electron chi connectivity index (χ4n) is 6.03. The van der Waals surface area contributed by atoms with Crippen LogP contribution in [0.25, 0.3) is 10.6 Å². The first-order valence-electron chi connectivity index (χ1n) is 9.16. The van der Waals surface area contributed by atoms with Crippen LogP contribution in [-0.2, 0) is 11.8 Å². The molecule has 4 fully saturated rings. The van der Waals surface area contributed by atoms with E-state index in [2.05, 4.69) is 35.3 Å². The predicted octanol–water partition coefficient (Wildman–Crippen LogP) is 5.34. The van der Waals surface area contributed by atoms with Gasteiger partial charge < -0.3 is 0 Å². The van der Waals surface area contributed by atoms with Crippen molar-refractivity contribution in [3.63, 3.8) is 0 Å². The Morgan fingerprint density at radius 1 is 1.04 bits per heavy atom. The van der Waals surface area contributed by atoms with Gasteiger partial charge in [-0.25, -0.2) is 4.98 Å². The van der Waals surface area contributed by atoms with Crippen LogP contribution < -0.4 is 0 Å². The fourth-order valence-corrected chi connectivity index (χ4v) is 6.86. The van der Waals surface area contributed by atoms with E-state index in [9.17, 15) is 0 Å². The van der Waals surface area contributed by atoms with E-state index in [-0.39, 0.29) is 0 Å². The van der Waals surface area contributed by atoms with Crippen molar-refractivity contribution in [2.45, 2.75) is 50.4 Å². The van der Waals surface area contributed by atoms with Gasteiger partial charge in [0.2, 0.25) is 0 Å². The Kier molecular flexibility index (Phi) is 3.31. The topological polar surface area (TPSA) is 36.7 Å². The minimum absolute atomic E-state index is 0.405. The molecule has 4 aliphatic rings. The normalized spacial score (nSPS) is 33.5. The summed E-state index contributed by atoms with van der Waals surface area (Å²) in [6.45, 7) is 0. The quantitative estimate of drug-likeness (QED) is 0.759. The van der Waals surface area contributed by atoms with Gasteiger partial charge in [-0.3, -0.25) is 0 Å². The molecule has 0 aliphatic heterocycles. The number of hydrogen-bond donors (Lipinski definition) is 0. The average Bonchev–Trinajstić information content (AvgIpc) is 3.03. The molecule has 1 heterocycles. The minimum atomic E-state index is 0.405. The predicted molar refractivity (Wildman–Crippen MR) is 96.7 cm³/mol. The summed E-state index contributed by atoms with van der Waals surface area (Å²) in [5, 5.41) is 11.8. The van der Waals surface area contributed by atoms with Crippen LogP contribution in [0.15, 0.2) is 29.6 Å². The van der Waals surface area contributed by atoms with Crippen molar-refractivity contribution in [3.05, 3.63) is 40.9 Å². The zero-order chi connectivity index (χ0) is 16.1. The maximum atomic E-state index is 8.80. The second-order valence-corrected chi connectivity index (χ2v) is 9.11. The molecule has 3 heteroatoms. The summed E-state index contributed by atoms with van der Waals surface area (Å²) >= 11 is 1.65. The van der Waals surface area contributed by atoms with Gasteiger partial charge in [0, 0.05) is 10.9 Å². The Bertz CT molecular complexity index is 761. The molecule has 122 valence electrons. The number of nitrogens with zero attached hydrogens (tertiary/aromatic N) is 2. The van der Waals surface area contributed by atoms with Gasteiger partial charge in [-0.1, -0.05) is 24.3 Å². The number of aromatic nitrogens is 1. The van der Waals surface area contributed by atoms with E-state index in [0.29, 0.717) is 11.8 Å². The molecule has 2 aromatic rings. The van der Waals surface area contributed by atoms with Crippen LogP contribution in [-0.4, -0.2) is 4.98 Å². The molecule has 0 unspecified atom stereocenters. The van der Waals surface area contributed by atoms with Crippen molar-refractivity contribution in [2.24, 2.45) is 17.8 Å². The van der Waals surface area contributed by atoms with E-state index in [1.807, 2.05) is 5.38 Å². The van der Waals surface area contributed by atoms with Crippen LogP contribution in [0.4, 0.5) is 0 Å². The molecule has 0 atom stereocenters. The summed E-state index contributed by atoms with van der Waals surface area (Å²) in [7, 11) is 0. The van der Waals surface area contributed by atoms with Crippen molar-refractivity contribution in [2.75, 3.05) is 0 Å². The van der Waals surface area contributed by atoms with Gasteiger partial charge >= 0.3 is 0 Å². The zero-order valence-electron chi connectivity index (χ0n) is 13.9. The Balaban J connectivity index is 1.43. The van der Waals surface area contributed by atoms with Crippen molar-refractivity contribution >= 4 is 11.3 Å². The lowest BCUT2D eigenvalue weighted by atomic mass is 9.48. The van der Waals surface area contributed by atoms with Crippen LogP contribution in [0.2, 0.25) is 0 Å². The SMILES string of the molecule is N#CCc1csc(-c2ccc(C34CC5CC(CC(C5)C3)C4)cc2)n1. The highest BCUT2D eigenvalue weighted by atomic mass is 32.1. The number of hydrogen-bond acceptors (Lipinski definition) is 3. The molecule has 0 saturated heterocycles. The van der Waals surface area contributed by atoms with E-state index in [1.54, 1.807) is 16.9 Å². The minimum Gasteiger partial charge on any atom is -0.240 e. The lowest BCUT2D eigenvalue weighted by Gasteiger charge is -2.57. The average molecular weight is 334 g/mol. The van der Waals surface area contributed by atoms with E-state index in [0.717, 1.165) is 28.5 Å². The van der Waals surface area contributed by atoms with Crippen molar-refractivity contribution in [1.29, 1.82) is 5.26 Å². The Morgan fingerprint density at radius 2 is 1.67 bits per heavy atom. The second kappa shape index (κ2) is 5.43. The highest BCUT2D eigenvalue weighted by Crippen LogP contribution is 2.60. The Morgan fingerprint density at radius 3 is 2.25 bits per heavy atom. The largest absolute Gasteiger partial charge is 0.240 e. The van der Waals surface area contributed by atoms with Crippen molar-refractivity contribution in [1.82, 2.24) is 4.98 Å². The fraction of sp³-hybridized carbons (Fsp3) is 0.524. The molecule has 4 bridgehead atoms. The molecule has 4 aliphatic carbocycles. The van der Waals surface area contributed by atoms with Gasteiger partial charge in [-0.15, -0.1) is 11.3 Å². The lowest BCUT2D eigenvalue weighted by Crippen LogP contribution is -2.48. The summed E-state index contributed by atoms with van der Waals surface area (Å²) < 4.78 is 0. The number of thiazole rings is 1. The molecule has 2 nitrogen and oxygen atoms in total.